The van der Waals surface area contributed by atoms with E-state index in [4.69, 9.17) is 9.47 Å². The Kier molecular flexibility index (Phi) is 8.91. The normalized spacial score (nSPS) is 13.8. The minimum Gasteiger partial charge on any atom is -0.488 e. The molecule has 5 rings (SSSR count). The number of benzene rings is 4. The van der Waals surface area contributed by atoms with E-state index >= 15 is 0 Å². The van der Waals surface area contributed by atoms with Crippen molar-refractivity contribution in [3.63, 3.8) is 0 Å². The molecular formula is C29H25IN2O3S2. The van der Waals surface area contributed by atoms with Crippen molar-refractivity contribution in [1.29, 1.82) is 0 Å². The van der Waals surface area contributed by atoms with Gasteiger partial charge in [0.1, 0.15) is 18.1 Å². The molecule has 0 unspecified atom stereocenters. The molecule has 0 saturated carbocycles. The number of hydrogen-bond donors (Lipinski definition) is 1. The molecule has 0 bridgehead atoms. The van der Waals surface area contributed by atoms with Crippen molar-refractivity contribution in [3.8, 4) is 11.5 Å². The molecule has 1 aliphatic heterocycles. The lowest BCUT2D eigenvalue weighted by Crippen LogP contribution is -2.24. The second-order valence-electron chi connectivity index (χ2n) is 8.34. The maximum absolute atomic E-state index is 12.1. The van der Waals surface area contributed by atoms with Gasteiger partial charge in [0.05, 0.1) is 14.4 Å². The third-order valence-electron chi connectivity index (χ3n) is 5.77. The van der Waals surface area contributed by atoms with Gasteiger partial charge in [0, 0.05) is 11.5 Å². The molecule has 1 fully saturated rings. The molecule has 188 valence electrons. The first kappa shape index (κ1) is 25.9. The molecule has 1 N–H and O–H groups in total. The van der Waals surface area contributed by atoms with Crippen LogP contribution >= 0.6 is 46.1 Å². The molecule has 4 aromatic carbocycles. The van der Waals surface area contributed by atoms with Crippen LogP contribution in [0.5, 0.6) is 11.5 Å². The van der Waals surface area contributed by atoms with Crippen LogP contribution in [0.3, 0.4) is 0 Å². The number of nitrogens with one attached hydrogen (secondary N) is 1. The van der Waals surface area contributed by atoms with Crippen molar-refractivity contribution >= 4 is 69.0 Å². The first-order chi connectivity index (χ1) is 18.2. The molecule has 0 aliphatic carbocycles. The number of rotatable bonds is 9. The number of carbonyl (C=O) groups excluding carboxylic acids is 1. The highest BCUT2D eigenvalue weighted by molar-refractivity contribution is 14.1. The summed E-state index contributed by atoms with van der Waals surface area (Å²) in [5, 5.41) is 6.46. The highest BCUT2D eigenvalue weighted by atomic mass is 127. The summed E-state index contributed by atoms with van der Waals surface area (Å²) in [6.07, 6.45) is 1.61. The van der Waals surface area contributed by atoms with Crippen LogP contribution in [0.15, 0.2) is 90.0 Å². The van der Waals surface area contributed by atoms with Crippen LogP contribution in [0.25, 0.3) is 10.8 Å². The molecule has 1 amide bonds. The lowest BCUT2D eigenvalue weighted by molar-refractivity contribution is -0.123. The Bertz CT molecular complexity index is 1400. The standard InChI is InChI=1S/C29H25IN2O3S2/c30-26-16-20(8-13-27(26)35-18-23-6-3-5-21-4-1-2-7-25(21)23)17-31-32-28(33)19-34-24-11-9-22(10-12-24)29-36-14-15-37-29/h1-13,16-17,29H,14-15,18-19H2,(H,32,33)/b31-17-. The number of fused-ring (bicyclic) bond motifs is 1. The highest BCUT2D eigenvalue weighted by Crippen LogP contribution is 2.45. The monoisotopic (exact) mass is 640 g/mol. The zero-order valence-corrected chi connectivity index (χ0v) is 23.7. The lowest BCUT2D eigenvalue weighted by atomic mass is 10.1. The Morgan fingerprint density at radius 1 is 0.973 bits per heavy atom. The van der Waals surface area contributed by atoms with Crippen LogP contribution in [-0.2, 0) is 11.4 Å². The maximum atomic E-state index is 12.1. The van der Waals surface area contributed by atoms with Crippen LogP contribution in [-0.4, -0.2) is 30.2 Å². The summed E-state index contributed by atoms with van der Waals surface area (Å²) in [4.78, 5) is 12.1. The van der Waals surface area contributed by atoms with E-state index in [1.54, 1.807) is 6.21 Å². The third kappa shape index (κ3) is 7.00. The number of nitrogens with zero attached hydrogens (tertiary/aromatic N) is 1. The summed E-state index contributed by atoms with van der Waals surface area (Å²) in [6.45, 7) is 0.393. The summed E-state index contributed by atoms with van der Waals surface area (Å²) in [6, 6.07) is 28.3. The van der Waals surface area contributed by atoms with Crippen LogP contribution in [0.4, 0.5) is 0 Å². The van der Waals surface area contributed by atoms with Gasteiger partial charge in [-0.25, -0.2) is 5.43 Å². The maximum Gasteiger partial charge on any atom is 0.277 e. The van der Waals surface area contributed by atoms with E-state index in [2.05, 4.69) is 75.6 Å². The fourth-order valence-electron chi connectivity index (χ4n) is 3.92. The highest BCUT2D eigenvalue weighted by Gasteiger charge is 2.18. The Morgan fingerprint density at radius 3 is 2.57 bits per heavy atom. The van der Waals surface area contributed by atoms with Crippen LogP contribution in [0, 0.1) is 3.57 Å². The fourth-order valence-corrected chi connectivity index (χ4v) is 7.47. The van der Waals surface area contributed by atoms with Gasteiger partial charge in [0.25, 0.3) is 5.91 Å². The van der Waals surface area contributed by atoms with E-state index in [0.29, 0.717) is 16.9 Å². The molecule has 37 heavy (non-hydrogen) atoms. The minimum atomic E-state index is -0.313. The number of ether oxygens (including phenoxy) is 2. The zero-order valence-electron chi connectivity index (χ0n) is 19.9. The van der Waals surface area contributed by atoms with Gasteiger partial charge in [-0.15, -0.1) is 23.5 Å². The van der Waals surface area contributed by atoms with Gasteiger partial charge >= 0.3 is 0 Å². The number of thioether (sulfide) groups is 2. The summed E-state index contributed by atoms with van der Waals surface area (Å²) in [5.74, 6) is 3.55. The molecule has 1 aliphatic rings. The second kappa shape index (κ2) is 12.7. The number of hydrazone groups is 1. The number of halogens is 1. The van der Waals surface area contributed by atoms with Crippen molar-refractivity contribution in [3.05, 3.63) is 105 Å². The predicted molar refractivity (Wildman–Crippen MR) is 163 cm³/mol. The zero-order chi connectivity index (χ0) is 25.5. The van der Waals surface area contributed by atoms with Gasteiger partial charge in [0.2, 0.25) is 0 Å². The molecule has 0 spiro atoms. The van der Waals surface area contributed by atoms with Gasteiger partial charge in [-0.3, -0.25) is 4.79 Å². The van der Waals surface area contributed by atoms with Crippen LogP contribution in [0.2, 0.25) is 0 Å². The van der Waals surface area contributed by atoms with E-state index in [1.165, 1.54) is 27.8 Å². The van der Waals surface area contributed by atoms with Crippen molar-refractivity contribution < 1.29 is 14.3 Å². The number of hydrogen-bond acceptors (Lipinski definition) is 6. The third-order valence-corrected chi connectivity index (χ3v) is 9.71. The molecule has 1 heterocycles. The summed E-state index contributed by atoms with van der Waals surface area (Å²) in [5.41, 5.74) is 5.81. The second-order valence-corrected chi connectivity index (χ2v) is 12.2. The van der Waals surface area contributed by atoms with Gasteiger partial charge < -0.3 is 9.47 Å². The van der Waals surface area contributed by atoms with E-state index in [0.717, 1.165) is 20.4 Å². The van der Waals surface area contributed by atoms with Crippen molar-refractivity contribution in [2.75, 3.05) is 18.1 Å². The Labute approximate surface area is 238 Å². The van der Waals surface area contributed by atoms with E-state index < -0.39 is 0 Å². The van der Waals surface area contributed by atoms with Crippen LogP contribution < -0.4 is 14.9 Å². The fraction of sp³-hybridized carbons (Fsp3) is 0.172. The number of carbonyl (C=O) groups is 1. The topological polar surface area (TPSA) is 59.9 Å². The van der Waals surface area contributed by atoms with Crippen molar-refractivity contribution in [1.82, 2.24) is 5.43 Å². The quantitative estimate of drug-likeness (QED) is 0.121. The van der Waals surface area contributed by atoms with Gasteiger partial charge in [0.15, 0.2) is 6.61 Å². The molecule has 1 saturated heterocycles. The predicted octanol–water partition coefficient (Wildman–Crippen LogP) is 7.03. The van der Waals surface area contributed by atoms with E-state index in [9.17, 15) is 4.79 Å². The minimum absolute atomic E-state index is 0.0951. The average Bonchev–Trinajstić information content (AvgIpc) is 3.47. The molecule has 0 aromatic heterocycles. The molecule has 0 atom stereocenters. The summed E-state index contributed by atoms with van der Waals surface area (Å²) in [7, 11) is 0. The Balaban J connectivity index is 1.09. The first-order valence-electron chi connectivity index (χ1n) is 11.8. The SMILES string of the molecule is O=C(COc1ccc(C2SCCS2)cc1)N/N=C\c1ccc(OCc2cccc3ccccc23)c(I)c1. The Morgan fingerprint density at radius 2 is 1.76 bits per heavy atom. The Hall–Kier alpha value is -2.69. The van der Waals surface area contributed by atoms with Gasteiger partial charge in [-0.1, -0.05) is 54.6 Å². The van der Waals surface area contributed by atoms with Gasteiger partial charge in [-0.2, -0.15) is 5.10 Å². The number of amides is 1. The van der Waals surface area contributed by atoms with E-state index in [-0.39, 0.29) is 12.5 Å². The molecule has 5 nitrogen and oxygen atoms in total. The average molecular weight is 641 g/mol. The first-order valence-corrected chi connectivity index (χ1v) is 15.0. The van der Waals surface area contributed by atoms with Crippen molar-refractivity contribution in [2.24, 2.45) is 5.10 Å². The molecular weight excluding hydrogens is 615 g/mol. The summed E-state index contributed by atoms with van der Waals surface area (Å²) >= 11 is 6.18. The lowest BCUT2D eigenvalue weighted by Gasteiger charge is -2.11. The smallest absolute Gasteiger partial charge is 0.277 e. The summed E-state index contributed by atoms with van der Waals surface area (Å²) < 4.78 is 13.2. The molecule has 8 heteroatoms. The molecule has 0 radical (unpaired) electrons. The van der Waals surface area contributed by atoms with Crippen LogP contribution in [0.1, 0.15) is 21.3 Å². The molecule has 4 aromatic rings. The van der Waals surface area contributed by atoms with Gasteiger partial charge in [-0.05, 0) is 80.4 Å². The van der Waals surface area contributed by atoms with Crippen molar-refractivity contribution in [2.45, 2.75) is 11.2 Å². The van der Waals surface area contributed by atoms with E-state index in [1.807, 2.05) is 66.0 Å². The largest absolute Gasteiger partial charge is 0.488 e.